The third-order valence-corrected chi connectivity index (χ3v) is 11.9. The number of benzene rings is 2. The van der Waals surface area contributed by atoms with E-state index in [4.69, 9.17) is 4.74 Å². The normalized spacial score (nSPS) is 11.5. The van der Waals surface area contributed by atoms with E-state index in [1.54, 1.807) is 0 Å². The zero-order chi connectivity index (χ0) is 39.6. The molecule has 0 aliphatic heterocycles. The van der Waals surface area contributed by atoms with Crippen LogP contribution in [0.4, 0.5) is 0 Å². The second-order valence-corrected chi connectivity index (χ2v) is 17.2. The first-order chi connectivity index (χ1) is 27.0. The van der Waals surface area contributed by atoms with Gasteiger partial charge in [0.15, 0.2) is 23.0 Å². The summed E-state index contributed by atoms with van der Waals surface area (Å²) >= 11 is 0. The molecule has 0 fully saturated rings. The minimum Gasteiger partial charge on any atom is -0.504 e. The van der Waals surface area contributed by atoms with Crippen LogP contribution in [-0.4, -0.2) is 10.2 Å². The van der Waals surface area contributed by atoms with Gasteiger partial charge in [0, 0.05) is 0 Å². The molecule has 0 saturated carbocycles. The van der Waals surface area contributed by atoms with Crippen molar-refractivity contribution >= 4 is 0 Å². The molecule has 0 amide bonds. The Bertz CT molecular complexity index is 1090. The molecule has 0 unspecified atom stereocenters. The third-order valence-electron chi connectivity index (χ3n) is 11.9. The lowest BCUT2D eigenvalue weighted by Crippen LogP contribution is -1.98. The Morgan fingerprint density at radius 1 is 0.309 bits per heavy atom. The Hall–Kier alpha value is -2.16. The molecule has 3 nitrogen and oxygen atoms in total. The minimum atomic E-state index is 0.264. The van der Waals surface area contributed by atoms with Crippen molar-refractivity contribution in [2.75, 3.05) is 0 Å². The number of rotatable bonds is 38. The fraction of sp³-hybridized carbons (Fsp3) is 0.769. The first-order valence-electron chi connectivity index (χ1n) is 24.4. The first-order valence-corrected chi connectivity index (χ1v) is 24.4. The van der Waals surface area contributed by atoms with Gasteiger partial charge in [-0.1, -0.05) is 220 Å². The van der Waals surface area contributed by atoms with Crippen molar-refractivity contribution in [3.63, 3.8) is 0 Å². The van der Waals surface area contributed by atoms with Gasteiger partial charge in [-0.2, -0.15) is 0 Å². The van der Waals surface area contributed by atoms with E-state index in [1.165, 1.54) is 191 Å². The fourth-order valence-corrected chi connectivity index (χ4v) is 8.23. The largest absolute Gasteiger partial charge is 0.504 e. The summed E-state index contributed by atoms with van der Waals surface area (Å²) in [5.41, 5.74) is 4.52. The lowest BCUT2D eigenvalue weighted by Gasteiger charge is -2.17. The highest BCUT2D eigenvalue weighted by atomic mass is 16.5. The molecule has 3 heteroatoms. The molecular weight excluding hydrogens is 673 g/mol. The van der Waals surface area contributed by atoms with Crippen molar-refractivity contribution in [1.29, 1.82) is 0 Å². The van der Waals surface area contributed by atoms with Gasteiger partial charge in [0.05, 0.1) is 0 Å². The summed E-state index contributed by atoms with van der Waals surface area (Å²) in [5.74, 6) is 1.56. The molecule has 2 N–H and O–H groups in total. The maximum atomic E-state index is 11.7. The Balaban J connectivity index is 2.19. The molecule has 0 spiro atoms. The Kier molecular flexibility index (Phi) is 30.2. The highest BCUT2D eigenvalue weighted by molar-refractivity contribution is 5.55. The number of aryl methyl sites for hydroxylation is 4. The van der Waals surface area contributed by atoms with Gasteiger partial charge in [-0.05, 0) is 85.8 Å². The van der Waals surface area contributed by atoms with E-state index in [0.29, 0.717) is 11.5 Å². The average Bonchev–Trinajstić information content (AvgIpc) is 3.18. The summed E-state index contributed by atoms with van der Waals surface area (Å²) in [5, 5.41) is 23.3. The van der Waals surface area contributed by atoms with Gasteiger partial charge in [0.25, 0.3) is 0 Å². The van der Waals surface area contributed by atoms with Crippen molar-refractivity contribution < 1.29 is 14.9 Å². The van der Waals surface area contributed by atoms with Gasteiger partial charge in [0.1, 0.15) is 0 Å². The standard InChI is InChI=1S/C52H90O3/c1-5-9-13-17-21-25-29-33-37-45-41-47(39-35-31-27-23-19-15-11-7-3)51(53)49(43-45)55-50-44-46(38-34-30-26-22-18-14-10-6-2)42-48(52(50)54)40-36-32-28-24-20-16-12-8-4/h41-44,53-54H,5-40H2,1-4H3. The number of hydrogen-bond donors (Lipinski definition) is 2. The highest BCUT2D eigenvalue weighted by Gasteiger charge is 2.17. The van der Waals surface area contributed by atoms with Crippen molar-refractivity contribution in [1.82, 2.24) is 0 Å². The van der Waals surface area contributed by atoms with E-state index >= 15 is 0 Å². The Morgan fingerprint density at radius 2 is 0.545 bits per heavy atom. The number of aromatic hydroxyl groups is 2. The van der Waals surface area contributed by atoms with Crippen LogP contribution in [0.5, 0.6) is 23.0 Å². The lowest BCUT2D eigenvalue weighted by atomic mass is 9.97. The maximum absolute atomic E-state index is 11.7. The average molecular weight is 763 g/mol. The SMILES string of the molecule is CCCCCCCCCCc1cc(CCCCCCCCCC)c(O)c(Oc2cc(CCCCCCCCCC)cc(CCCCCCCCCC)c2O)c1. The number of unbranched alkanes of at least 4 members (excludes halogenated alkanes) is 28. The van der Waals surface area contributed by atoms with Gasteiger partial charge in [-0.3, -0.25) is 0 Å². The van der Waals surface area contributed by atoms with Crippen LogP contribution in [-0.2, 0) is 25.7 Å². The fourth-order valence-electron chi connectivity index (χ4n) is 8.23. The molecule has 0 aliphatic carbocycles. The van der Waals surface area contributed by atoms with Crippen LogP contribution in [0.25, 0.3) is 0 Å². The zero-order valence-electron chi connectivity index (χ0n) is 37.1. The van der Waals surface area contributed by atoms with E-state index in [9.17, 15) is 10.2 Å². The Labute approximate surface area is 342 Å². The van der Waals surface area contributed by atoms with Gasteiger partial charge in [-0.25, -0.2) is 0 Å². The number of ether oxygens (including phenoxy) is 1. The summed E-state index contributed by atoms with van der Waals surface area (Å²) < 4.78 is 6.63. The van der Waals surface area contributed by atoms with Crippen molar-refractivity contribution in [2.45, 2.75) is 259 Å². The van der Waals surface area contributed by atoms with E-state index < -0.39 is 0 Å². The van der Waals surface area contributed by atoms with Gasteiger partial charge in [-0.15, -0.1) is 0 Å². The summed E-state index contributed by atoms with van der Waals surface area (Å²) in [4.78, 5) is 0. The van der Waals surface area contributed by atoms with Crippen LogP contribution in [0, 0.1) is 0 Å². The van der Waals surface area contributed by atoms with Gasteiger partial charge in [0.2, 0.25) is 0 Å². The van der Waals surface area contributed by atoms with Crippen molar-refractivity contribution in [2.24, 2.45) is 0 Å². The van der Waals surface area contributed by atoms with E-state index in [0.717, 1.165) is 62.5 Å². The third kappa shape index (κ3) is 23.6. The second kappa shape index (κ2) is 33.9. The number of hydrogen-bond acceptors (Lipinski definition) is 3. The van der Waals surface area contributed by atoms with Crippen LogP contribution in [0.15, 0.2) is 24.3 Å². The van der Waals surface area contributed by atoms with E-state index in [2.05, 4.69) is 52.0 Å². The van der Waals surface area contributed by atoms with Crippen LogP contribution in [0.2, 0.25) is 0 Å². The van der Waals surface area contributed by atoms with Crippen LogP contribution >= 0.6 is 0 Å². The molecular formula is C52H90O3. The van der Waals surface area contributed by atoms with Crippen molar-refractivity contribution in [3.05, 3.63) is 46.5 Å². The van der Waals surface area contributed by atoms with E-state index in [-0.39, 0.29) is 11.5 Å². The maximum Gasteiger partial charge on any atom is 0.169 e. The van der Waals surface area contributed by atoms with Crippen LogP contribution in [0.1, 0.15) is 255 Å². The lowest BCUT2D eigenvalue weighted by molar-refractivity contribution is 0.378. The smallest absolute Gasteiger partial charge is 0.169 e. The van der Waals surface area contributed by atoms with Gasteiger partial charge >= 0.3 is 0 Å². The second-order valence-electron chi connectivity index (χ2n) is 17.2. The molecule has 55 heavy (non-hydrogen) atoms. The van der Waals surface area contributed by atoms with E-state index in [1.807, 2.05) is 0 Å². The summed E-state index contributed by atoms with van der Waals surface area (Å²) in [6, 6.07) is 8.63. The molecule has 0 aromatic heterocycles. The monoisotopic (exact) mass is 763 g/mol. The van der Waals surface area contributed by atoms with Crippen molar-refractivity contribution in [3.8, 4) is 23.0 Å². The summed E-state index contributed by atoms with van der Waals surface area (Å²) in [7, 11) is 0. The number of phenols is 2. The molecule has 0 atom stereocenters. The van der Waals surface area contributed by atoms with Crippen LogP contribution in [0.3, 0.4) is 0 Å². The quantitative estimate of drug-likeness (QED) is 0.0670. The molecule has 0 heterocycles. The molecule has 2 rings (SSSR count). The molecule has 2 aromatic carbocycles. The zero-order valence-corrected chi connectivity index (χ0v) is 37.1. The number of phenolic OH excluding ortho intramolecular Hbond substituents is 2. The van der Waals surface area contributed by atoms with Gasteiger partial charge < -0.3 is 14.9 Å². The van der Waals surface area contributed by atoms with Crippen LogP contribution < -0.4 is 4.74 Å². The highest BCUT2D eigenvalue weighted by Crippen LogP contribution is 2.42. The molecule has 316 valence electrons. The molecule has 2 aromatic rings. The Morgan fingerprint density at radius 3 is 0.818 bits per heavy atom. The molecule has 0 bridgehead atoms. The molecule has 0 saturated heterocycles. The first kappa shape index (κ1) is 49.0. The predicted molar refractivity (Wildman–Crippen MR) is 242 cm³/mol. The predicted octanol–water partition coefficient (Wildman–Crippen LogP) is 17.6. The topological polar surface area (TPSA) is 49.7 Å². The summed E-state index contributed by atoms with van der Waals surface area (Å²) in [6.45, 7) is 9.12. The molecule has 0 aliphatic rings. The minimum absolute atomic E-state index is 0.264. The molecule has 0 radical (unpaired) electrons. The summed E-state index contributed by atoms with van der Waals surface area (Å²) in [6.07, 6.45) is 45.0.